The van der Waals surface area contributed by atoms with Crippen LogP contribution in [0.3, 0.4) is 0 Å². The number of aliphatic imine (C=N–C) groups is 1. The molecule has 2 aromatic rings. The van der Waals surface area contributed by atoms with Gasteiger partial charge in [-0.05, 0) is 48.5 Å². The number of hydrogen-bond donors (Lipinski definition) is 1. The number of hydrazone groups is 1. The molecule has 34 heavy (non-hydrogen) atoms. The lowest BCUT2D eigenvalue weighted by molar-refractivity contribution is -0.114. The third-order valence-corrected chi connectivity index (χ3v) is 7.62. The lowest BCUT2D eigenvalue weighted by Crippen LogP contribution is -2.35. The molecule has 176 valence electrons. The van der Waals surface area contributed by atoms with Crippen molar-refractivity contribution in [2.45, 2.75) is 13.5 Å². The topological polar surface area (TPSA) is 121 Å². The van der Waals surface area contributed by atoms with Gasteiger partial charge in [-0.15, -0.1) is 5.10 Å². The maximum absolute atomic E-state index is 12.6. The molecule has 9 nitrogen and oxygen atoms in total. The van der Waals surface area contributed by atoms with Gasteiger partial charge in [0.25, 0.3) is 5.91 Å². The number of thioether (sulfide) groups is 1. The van der Waals surface area contributed by atoms with Crippen molar-refractivity contribution in [2.75, 3.05) is 12.9 Å². The van der Waals surface area contributed by atoms with E-state index < -0.39 is 15.7 Å². The average Bonchev–Trinajstić information content (AvgIpc) is 3.22. The fourth-order valence-electron chi connectivity index (χ4n) is 3.06. The Bertz CT molecular complexity index is 1390. The summed E-state index contributed by atoms with van der Waals surface area (Å²) in [7, 11) is -3.60. The van der Waals surface area contributed by atoms with Gasteiger partial charge < -0.3 is 9.47 Å². The Balaban J connectivity index is 1.61. The molecular formula is C22H19ClN4O5S2. The van der Waals surface area contributed by atoms with Crippen LogP contribution in [-0.4, -0.2) is 47.6 Å². The lowest BCUT2D eigenvalue weighted by Gasteiger charge is -2.20. The van der Waals surface area contributed by atoms with E-state index >= 15 is 0 Å². The summed E-state index contributed by atoms with van der Waals surface area (Å²) >= 11 is 6.93. The van der Waals surface area contributed by atoms with Crippen molar-refractivity contribution in [3.8, 4) is 11.5 Å². The van der Waals surface area contributed by atoms with E-state index in [1.54, 1.807) is 24.3 Å². The summed E-state index contributed by atoms with van der Waals surface area (Å²) in [6.45, 7) is 2.47. The standard InChI is InChI=1S/C22H19ClN4O5S2/c1-3-31-18-11-13(8-9-17(18)32-12-14-6-4-5-7-16(14)23)10-15-19(24)27-21(25-20(15)28)33-22(26-27)34(2,29)30/h4-11,24H,3,12H2,1-2H3/b15-10+,24-19?. The number of nitrogens with zero attached hydrogens (tertiary/aromatic N) is 3. The summed E-state index contributed by atoms with van der Waals surface area (Å²) < 4.78 is 35.0. The third-order valence-electron chi connectivity index (χ3n) is 4.67. The Kier molecular flexibility index (Phi) is 6.78. The van der Waals surface area contributed by atoms with Crippen LogP contribution < -0.4 is 9.47 Å². The zero-order chi connectivity index (χ0) is 24.5. The quantitative estimate of drug-likeness (QED) is 0.575. The second-order valence-electron chi connectivity index (χ2n) is 7.18. The molecule has 1 N–H and O–H groups in total. The number of benzene rings is 2. The Morgan fingerprint density at radius 1 is 1.18 bits per heavy atom. The number of halogens is 1. The zero-order valence-electron chi connectivity index (χ0n) is 18.1. The van der Waals surface area contributed by atoms with E-state index in [4.69, 9.17) is 26.5 Å². The van der Waals surface area contributed by atoms with Gasteiger partial charge in [0.2, 0.25) is 19.4 Å². The number of carbonyl (C=O) groups is 1. The number of fused-ring (bicyclic) bond motifs is 1. The molecule has 0 radical (unpaired) electrons. The van der Waals surface area contributed by atoms with E-state index in [9.17, 15) is 13.2 Å². The highest BCUT2D eigenvalue weighted by Gasteiger charge is 2.38. The van der Waals surface area contributed by atoms with E-state index in [1.165, 1.54) is 6.08 Å². The first-order valence-electron chi connectivity index (χ1n) is 10.0. The van der Waals surface area contributed by atoms with Crippen molar-refractivity contribution >= 4 is 60.6 Å². The Hall–Kier alpha value is -3.15. The van der Waals surface area contributed by atoms with Crippen molar-refractivity contribution in [3.63, 3.8) is 0 Å². The molecule has 0 bridgehead atoms. The third kappa shape index (κ3) is 5.01. The molecule has 2 aromatic carbocycles. The van der Waals surface area contributed by atoms with Crippen LogP contribution in [0.1, 0.15) is 18.1 Å². The minimum Gasteiger partial charge on any atom is -0.490 e. The molecular weight excluding hydrogens is 500 g/mol. The van der Waals surface area contributed by atoms with Crippen LogP contribution in [0.5, 0.6) is 11.5 Å². The summed E-state index contributed by atoms with van der Waals surface area (Å²) in [4.78, 5) is 16.5. The van der Waals surface area contributed by atoms with Gasteiger partial charge in [0.05, 0.1) is 12.2 Å². The van der Waals surface area contributed by atoms with Gasteiger partial charge in [-0.3, -0.25) is 10.2 Å². The van der Waals surface area contributed by atoms with Crippen LogP contribution >= 0.6 is 23.4 Å². The fraction of sp³-hybridized carbons (Fsp3) is 0.182. The lowest BCUT2D eigenvalue weighted by atomic mass is 10.1. The summed E-state index contributed by atoms with van der Waals surface area (Å²) in [5.41, 5.74) is 1.36. The predicted octanol–water partition coefficient (Wildman–Crippen LogP) is 3.94. The van der Waals surface area contributed by atoms with E-state index in [1.807, 2.05) is 25.1 Å². The molecule has 2 heterocycles. The number of nitrogens with one attached hydrogen (secondary N) is 1. The monoisotopic (exact) mass is 518 g/mol. The van der Waals surface area contributed by atoms with E-state index in [2.05, 4.69) is 10.1 Å². The summed E-state index contributed by atoms with van der Waals surface area (Å²) in [5.74, 6) is 0.0217. The van der Waals surface area contributed by atoms with Gasteiger partial charge in [0.15, 0.2) is 17.3 Å². The van der Waals surface area contributed by atoms with Crippen LogP contribution in [0.4, 0.5) is 0 Å². The number of rotatable bonds is 6. The molecule has 0 atom stereocenters. The molecule has 12 heteroatoms. The van der Waals surface area contributed by atoms with Crippen LogP contribution in [0.2, 0.25) is 5.02 Å². The summed E-state index contributed by atoms with van der Waals surface area (Å²) in [6.07, 6.45) is 2.48. The zero-order valence-corrected chi connectivity index (χ0v) is 20.5. The minimum atomic E-state index is -3.60. The molecule has 2 aliphatic rings. The average molecular weight is 519 g/mol. The molecule has 0 spiro atoms. The fourth-order valence-corrected chi connectivity index (χ4v) is 4.94. The number of ether oxygens (including phenoxy) is 2. The van der Waals surface area contributed by atoms with Gasteiger partial charge in [-0.25, -0.2) is 8.42 Å². The van der Waals surface area contributed by atoms with Crippen LogP contribution in [0.25, 0.3) is 6.08 Å². The first-order chi connectivity index (χ1) is 16.2. The first kappa shape index (κ1) is 24.0. The second-order valence-corrected chi connectivity index (χ2v) is 10.7. The Morgan fingerprint density at radius 3 is 2.65 bits per heavy atom. The Morgan fingerprint density at radius 2 is 1.94 bits per heavy atom. The van der Waals surface area contributed by atoms with Crippen molar-refractivity contribution in [1.29, 1.82) is 5.41 Å². The van der Waals surface area contributed by atoms with Gasteiger partial charge >= 0.3 is 0 Å². The molecule has 1 amide bonds. The molecule has 0 aliphatic carbocycles. The molecule has 0 saturated carbocycles. The molecule has 0 fully saturated rings. The summed E-state index contributed by atoms with van der Waals surface area (Å²) in [5, 5.41) is 14.0. The highest BCUT2D eigenvalue weighted by atomic mass is 35.5. The maximum Gasteiger partial charge on any atom is 0.283 e. The SMILES string of the molecule is CCOc1cc(/C=C2\C(=N)N3N=C(S(C)(=O)=O)SC3=NC2=O)ccc1OCc1ccccc1Cl. The van der Waals surface area contributed by atoms with Gasteiger partial charge in [0, 0.05) is 16.8 Å². The summed E-state index contributed by atoms with van der Waals surface area (Å²) in [6, 6.07) is 12.4. The molecule has 0 unspecified atom stereocenters. The van der Waals surface area contributed by atoms with Crippen molar-refractivity contribution in [1.82, 2.24) is 5.01 Å². The van der Waals surface area contributed by atoms with Crippen LogP contribution in [0, 0.1) is 5.41 Å². The second kappa shape index (κ2) is 9.61. The largest absolute Gasteiger partial charge is 0.490 e. The highest BCUT2D eigenvalue weighted by Crippen LogP contribution is 2.33. The van der Waals surface area contributed by atoms with E-state index in [0.717, 1.165) is 28.6 Å². The number of sulfone groups is 1. The number of amidine groups is 2. The predicted molar refractivity (Wildman–Crippen MR) is 133 cm³/mol. The van der Waals surface area contributed by atoms with Crippen molar-refractivity contribution < 1.29 is 22.7 Å². The number of carbonyl (C=O) groups excluding carboxylic acids is 1. The normalized spacial score (nSPS) is 16.9. The smallest absolute Gasteiger partial charge is 0.283 e. The van der Waals surface area contributed by atoms with Crippen LogP contribution in [-0.2, 0) is 21.2 Å². The molecule has 0 aromatic heterocycles. The number of hydrogen-bond acceptors (Lipinski definition) is 8. The first-order valence-corrected chi connectivity index (χ1v) is 13.1. The van der Waals surface area contributed by atoms with Crippen LogP contribution in [0.15, 0.2) is 58.1 Å². The molecule has 2 aliphatic heterocycles. The minimum absolute atomic E-state index is 0.0324. The van der Waals surface area contributed by atoms with Gasteiger partial charge in [-0.1, -0.05) is 35.9 Å². The van der Waals surface area contributed by atoms with Crippen molar-refractivity contribution in [2.24, 2.45) is 10.1 Å². The van der Waals surface area contributed by atoms with Gasteiger partial charge in [-0.2, -0.15) is 10.0 Å². The maximum atomic E-state index is 12.6. The highest BCUT2D eigenvalue weighted by molar-refractivity contribution is 8.42. The number of amides is 1. The molecule has 0 saturated heterocycles. The Labute approximate surface area is 205 Å². The molecule has 4 rings (SSSR count). The van der Waals surface area contributed by atoms with E-state index in [0.29, 0.717) is 28.7 Å². The van der Waals surface area contributed by atoms with E-state index in [-0.39, 0.29) is 27.6 Å². The van der Waals surface area contributed by atoms with Gasteiger partial charge in [0.1, 0.15) is 6.61 Å². The van der Waals surface area contributed by atoms with Crippen molar-refractivity contribution in [3.05, 3.63) is 64.2 Å².